The number of aryl methyl sites for hydroxylation is 1. The smallest absolute Gasteiger partial charge is 0.0979 e. The zero-order valence-electron chi connectivity index (χ0n) is 10.7. The Bertz CT molecular complexity index is 305. The van der Waals surface area contributed by atoms with Crippen LogP contribution in [0.2, 0.25) is 0 Å². The van der Waals surface area contributed by atoms with E-state index in [0.717, 1.165) is 6.42 Å². The molecule has 2 heteroatoms. The molecule has 0 aromatic heterocycles. The fourth-order valence-electron chi connectivity index (χ4n) is 1.69. The van der Waals surface area contributed by atoms with Crippen molar-refractivity contribution in [1.29, 1.82) is 0 Å². The van der Waals surface area contributed by atoms with Crippen molar-refractivity contribution in [3.05, 3.63) is 35.4 Å². The third-order valence-electron chi connectivity index (χ3n) is 2.68. The maximum absolute atomic E-state index is 6.11. The molecule has 0 fully saturated rings. The van der Waals surface area contributed by atoms with Gasteiger partial charge in [0.1, 0.15) is 0 Å². The van der Waals surface area contributed by atoms with E-state index in [9.17, 15) is 0 Å². The molecule has 1 aromatic rings. The maximum Gasteiger partial charge on any atom is 0.0979 e. The predicted octanol–water partition coefficient (Wildman–Crippen LogP) is 3.20. The first-order valence-corrected chi connectivity index (χ1v) is 6.02. The van der Waals surface area contributed by atoms with Gasteiger partial charge in [-0.25, -0.2) is 0 Å². The molecule has 0 aliphatic carbocycles. The lowest BCUT2D eigenvalue weighted by Crippen LogP contribution is -2.31. The number of hydrogen-bond donors (Lipinski definition) is 1. The van der Waals surface area contributed by atoms with E-state index < -0.39 is 0 Å². The predicted molar refractivity (Wildman–Crippen MR) is 68.4 cm³/mol. The summed E-state index contributed by atoms with van der Waals surface area (Å²) in [6.45, 7) is 8.27. The van der Waals surface area contributed by atoms with E-state index in [-0.39, 0.29) is 18.2 Å². The molecular weight excluding hydrogens is 198 g/mol. The number of rotatable bonds is 5. The van der Waals surface area contributed by atoms with Gasteiger partial charge in [-0.3, -0.25) is 0 Å². The van der Waals surface area contributed by atoms with E-state index in [2.05, 4.69) is 38.1 Å². The Balaban J connectivity index is 2.87. The Morgan fingerprint density at radius 3 is 2.19 bits per heavy atom. The summed E-state index contributed by atoms with van der Waals surface area (Å²) in [5, 5.41) is 0. The number of nitrogens with two attached hydrogens (primary N) is 1. The SMILES string of the molecule is CCC(N)C(OC(C)C)c1ccc(C)cc1. The molecule has 1 aromatic carbocycles. The van der Waals surface area contributed by atoms with Crippen molar-refractivity contribution < 1.29 is 4.74 Å². The van der Waals surface area contributed by atoms with Gasteiger partial charge in [-0.05, 0) is 32.8 Å². The van der Waals surface area contributed by atoms with Gasteiger partial charge in [-0.1, -0.05) is 36.8 Å². The first kappa shape index (κ1) is 13.2. The van der Waals surface area contributed by atoms with E-state index in [4.69, 9.17) is 10.5 Å². The van der Waals surface area contributed by atoms with Crippen molar-refractivity contribution in [2.45, 2.75) is 52.4 Å². The van der Waals surface area contributed by atoms with Gasteiger partial charge in [-0.15, -0.1) is 0 Å². The van der Waals surface area contributed by atoms with Crippen LogP contribution in [0.1, 0.15) is 44.4 Å². The minimum atomic E-state index is 0.00519. The van der Waals surface area contributed by atoms with Crippen molar-refractivity contribution in [3.8, 4) is 0 Å². The van der Waals surface area contributed by atoms with Gasteiger partial charge in [0.05, 0.1) is 12.2 Å². The lowest BCUT2D eigenvalue weighted by atomic mass is 9.99. The highest BCUT2D eigenvalue weighted by Crippen LogP contribution is 2.23. The lowest BCUT2D eigenvalue weighted by Gasteiger charge is -2.26. The highest BCUT2D eigenvalue weighted by atomic mass is 16.5. The summed E-state index contributed by atoms with van der Waals surface area (Å²) < 4.78 is 5.90. The molecule has 0 spiro atoms. The summed E-state index contributed by atoms with van der Waals surface area (Å²) in [4.78, 5) is 0. The monoisotopic (exact) mass is 221 g/mol. The van der Waals surface area contributed by atoms with Gasteiger partial charge < -0.3 is 10.5 Å². The van der Waals surface area contributed by atoms with Crippen LogP contribution in [0.3, 0.4) is 0 Å². The van der Waals surface area contributed by atoms with Crippen molar-refractivity contribution in [3.63, 3.8) is 0 Å². The quantitative estimate of drug-likeness (QED) is 0.828. The van der Waals surface area contributed by atoms with Crippen LogP contribution in [0.25, 0.3) is 0 Å². The summed E-state index contributed by atoms with van der Waals surface area (Å²) in [6, 6.07) is 8.49. The zero-order valence-corrected chi connectivity index (χ0v) is 10.7. The first-order valence-electron chi connectivity index (χ1n) is 6.02. The third kappa shape index (κ3) is 3.62. The largest absolute Gasteiger partial charge is 0.369 e. The summed E-state index contributed by atoms with van der Waals surface area (Å²) in [7, 11) is 0. The fraction of sp³-hybridized carbons (Fsp3) is 0.571. The van der Waals surface area contributed by atoms with Crippen LogP contribution in [-0.2, 0) is 4.74 Å². The third-order valence-corrected chi connectivity index (χ3v) is 2.68. The van der Waals surface area contributed by atoms with E-state index in [1.54, 1.807) is 0 Å². The van der Waals surface area contributed by atoms with Gasteiger partial charge in [0.25, 0.3) is 0 Å². The van der Waals surface area contributed by atoms with Gasteiger partial charge >= 0.3 is 0 Å². The minimum Gasteiger partial charge on any atom is -0.369 e. The molecule has 0 aliphatic rings. The van der Waals surface area contributed by atoms with Crippen LogP contribution in [0, 0.1) is 6.92 Å². The van der Waals surface area contributed by atoms with Crippen LogP contribution >= 0.6 is 0 Å². The fourth-order valence-corrected chi connectivity index (χ4v) is 1.69. The Morgan fingerprint density at radius 1 is 1.19 bits per heavy atom. The van der Waals surface area contributed by atoms with E-state index >= 15 is 0 Å². The van der Waals surface area contributed by atoms with Crippen molar-refractivity contribution >= 4 is 0 Å². The first-order chi connectivity index (χ1) is 7.54. The minimum absolute atomic E-state index is 0.00519. The molecule has 1 rings (SSSR count). The number of hydrogen-bond acceptors (Lipinski definition) is 2. The molecule has 0 bridgehead atoms. The van der Waals surface area contributed by atoms with Crippen molar-refractivity contribution in [2.75, 3.05) is 0 Å². The van der Waals surface area contributed by atoms with Gasteiger partial charge in [0.2, 0.25) is 0 Å². The average molecular weight is 221 g/mol. The van der Waals surface area contributed by atoms with Crippen LogP contribution in [0.4, 0.5) is 0 Å². The number of ether oxygens (including phenoxy) is 1. The molecule has 0 amide bonds. The lowest BCUT2D eigenvalue weighted by molar-refractivity contribution is -0.00898. The Hall–Kier alpha value is -0.860. The molecule has 0 radical (unpaired) electrons. The Morgan fingerprint density at radius 2 is 1.75 bits per heavy atom. The normalized spacial score (nSPS) is 15.1. The summed E-state index contributed by atoms with van der Waals surface area (Å²) in [5.74, 6) is 0. The highest BCUT2D eigenvalue weighted by molar-refractivity contribution is 5.24. The van der Waals surface area contributed by atoms with Gasteiger partial charge in [-0.2, -0.15) is 0 Å². The molecule has 90 valence electrons. The molecule has 16 heavy (non-hydrogen) atoms. The second-order valence-corrected chi connectivity index (χ2v) is 4.59. The molecule has 2 atom stereocenters. The van der Waals surface area contributed by atoms with Crippen LogP contribution < -0.4 is 5.73 Å². The topological polar surface area (TPSA) is 35.2 Å². The molecule has 2 N–H and O–H groups in total. The maximum atomic E-state index is 6.11. The van der Waals surface area contributed by atoms with Crippen LogP contribution in [0.15, 0.2) is 24.3 Å². The second-order valence-electron chi connectivity index (χ2n) is 4.59. The molecule has 0 saturated heterocycles. The second kappa shape index (κ2) is 6.02. The summed E-state index contributed by atoms with van der Waals surface area (Å²) >= 11 is 0. The summed E-state index contributed by atoms with van der Waals surface area (Å²) in [6.07, 6.45) is 1.13. The molecule has 0 aliphatic heterocycles. The van der Waals surface area contributed by atoms with Gasteiger partial charge in [0, 0.05) is 6.04 Å². The van der Waals surface area contributed by atoms with E-state index in [0.29, 0.717) is 0 Å². The molecule has 0 heterocycles. The van der Waals surface area contributed by atoms with E-state index in [1.165, 1.54) is 11.1 Å². The molecule has 2 unspecified atom stereocenters. The van der Waals surface area contributed by atoms with Crippen LogP contribution in [0.5, 0.6) is 0 Å². The number of benzene rings is 1. The highest BCUT2D eigenvalue weighted by Gasteiger charge is 2.20. The average Bonchev–Trinajstić information content (AvgIpc) is 2.26. The molecule has 2 nitrogen and oxygen atoms in total. The molecular formula is C14H23NO. The Kier molecular flexibility index (Phi) is 4.97. The van der Waals surface area contributed by atoms with Crippen molar-refractivity contribution in [2.24, 2.45) is 5.73 Å². The van der Waals surface area contributed by atoms with Gasteiger partial charge in [0.15, 0.2) is 0 Å². The summed E-state index contributed by atoms with van der Waals surface area (Å²) in [5.41, 5.74) is 8.55. The molecule has 0 saturated carbocycles. The van der Waals surface area contributed by atoms with E-state index in [1.807, 2.05) is 13.8 Å². The van der Waals surface area contributed by atoms with Crippen molar-refractivity contribution in [1.82, 2.24) is 0 Å². The Labute approximate surface area is 98.8 Å². The van der Waals surface area contributed by atoms with Crippen LogP contribution in [-0.4, -0.2) is 12.1 Å². The zero-order chi connectivity index (χ0) is 12.1. The standard InChI is InChI=1S/C14H23NO/c1-5-13(15)14(16-10(2)3)12-8-6-11(4)7-9-12/h6-10,13-14H,5,15H2,1-4H3.